The second-order valence-electron chi connectivity index (χ2n) is 2.98. The summed E-state index contributed by atoms with van der Waals surface area (Å²) in [7, 11) is 0. The van der Waals surface area contributed by atoms with Gasteiger partial charge in [0.1, 0.15) is 17.9 Å². The minimum atomic E-state index is -5.09. The smallest absolute Gasteiger partial charge is 0.421 e. The Kier molecular flexibility index (Phi) is 4.50. The molecular weight excluding hydrogens is 311 g/mol. The molecule has 0 aliphatic heterocycles. The second kappa shape index (κ2) is 5.48. The van der Waals surface area contributed by atoms with E-state index in [1.54, 1.807) is 0 Å². The van der Waals surface area contributed by atoms with Gasteiger partial charge in [-0.05, 0) is 24.3 Å². The third-order valence-electron chi connectivity index (χ3n) is 1.77. The van der Waals surface area contributed by atoms with Crippen LogP contribution in [-0.2, 0) is 0 Å². The highest BCUT2D eigenvalue weighted by Crippen LogP contribution is 2.30. The van der Waals surface area contributed by atoms with Gasteiger partial charge in [0.15, 0.2) is 0 Å². The molecule has 94 valence electrons. The minimum absolute atomic E-state index is 0.0798. The average molecular weight is 317 g/mol. The SMILES string of the molecule is FC(F)=C(COc1ccc(Br)cc1)C(F)(F)F. The first-order chi connectivity index (χ1) is 7.80. The van der Waals surface area contributed by atoms with Crippen LogP contribution in [0.4, 0.5) is 22.0 Å². The van der Waals surface area contributed by atoms with E-state index in [4.69, 9.17) is 0 Å². The molecule has 0 radical (unpaired) electrons. The van der Waals surface area contributed by atoms with E-state index in [2.05, 4.69) is 20.7 Å². The molecule has 0 amide bonds. The van der Waals surface area contributed by atoms with E-state index in [-0.39, 0.29) is 5.75 Å². The molecule has 0 bridgehead atoms. The highest BCUT2D eigenvalue weighted by Gasteiger charge is 2.38. The summed E-state index contributed by atoms with van der Waals surface area (Å²) < 4.78 is 65.7. The van der Waals surface area contributed by atoms with Gasteiger partial charge in [-0.2, -0.15) is 22.0 Å². The zero-order chi connectivity index (χ0) is 13.1. The molecule has 0 atom stereocenters. The van der Waals surface area contributed by atoms with Crippen molar-refractivity contribution in [2.24, 2.45) is 0 Å². The summed E-state index contributed by atoms with van der Waals surface area (Å²) in [6, 6.07) is 5.79. The fourth-order valence-corrected chi connectivity index (χ4v) is 1.19. The van der Waals surface area contributed by atoms with Crippen molar-refractivity contribution in [2.75, 3.05) is 6.61 Å². The van der Waals surface area contributed by atoms with Crippen molar-refractivity contribution in [2.45, 2.75) is 6.18 Å². The molecule has 17 heavy (non-hydrogen) atoms. The van der Waals surface area contributed by atoms with Gasteiger partial charge in [-0.3, -0.25) is 0 Å². The predicted octanol–water partition coefficient (Wildman–Crippen LogP) is 4.54. The van der Waals surface area contributed by atoms with Crippen molar-refractivity contribution >= 4 is 15.9 Å². The lowest BCUT2D eigenvalue weighted by molar-refractivity contribution is -0.100. The first-order valence-corrected chi connectivity index (χ1v) is 5.09. The summed E-state index contributed by atoms with van der Waals surface area (Å²) in [5.41, 5.74) is -1.97. The molecule has 1 nitrogen and oxygen atoms in total. The third-order valence-corrected chi connectivity index (χ3v) is 2.30. The molecule has 1 aromatic rings. The summed E-state index contributed by atoms with van der Waals surface area (Å²) in [6.07, 6.45) is -7.87. The van der Waals surface area contributed by atoms with Crippen LogP contribution in [0, 0.1) is 0 Å². The van der Waals surface area contributed by atoms with Gasteiger partial charge in [0.2, 0.25) is 0 Å². The number of alkyl halides is 3. The molecule has 1 rings (SSSR count). The van der Waals surface area contributed by atoms with Crippen molar-refractivity contribution in [1.82, 2.24) is 0 Å². The summed E-state index contributed by atoms with van der Waals surface area (Å²) in [5, 5.41) is 0. The van der Waals surface area contributed by atoms with E-state index < -0.39 is 24.4 Å². The van der Waals surface area contributed by atoms with Gasteiger partial charge >= 0.3 is 6.18 Å². The number of benzene rings is 1. The van der Waals surface area contributed by atoms with E-state index in [0.717, 1.165) is 0 Å². The van der Waals surface area contributed by atoms with Gasteiger partial charge in [-0.25, -0.2) is 0 Å². The van der Waals surface area contributed by atoms with E-state index >= 15 is 0 Å². The Labute approximate surface area is 102 Å². The van der Waals surface area contributed by atoms with Crippen LogP contribution >= 0.6 is 15.9 Å². The molecule has 0 unspecified atom stereocenters. The monoisotopic (exact) mass is 316 g/mol. The van der Waals surface area contributed by atoms with Crippen molar-refractivity contribution in [3.05, 3.63) is 40.4 Å². The van der Waals surface area contributed by atoms with E-state index in [1.807, 2.05) is 0 Å². The zero-order valence-corrected chi connectivity index (χ0v) is 9.78. The minimum Gasteiger partial charge on any atom is -0.489 e. The Morgan fingerprint density at radius 3 is 2.06 bits per heavy atom. The molecular formula is C10H6BrF5O. The van der Waals surface area contributed by atoms with Gasteiger partial charge in [0, 0.05) is 4.47 Å². The van der Waals surface area contributed by atoms with Gasteiger partial charge in [-0.15, -0.1) is 0 Å². The van der Waals surface area contributed by atoms with Crippen molar-refractivity contribution in [1.29, 1.82) is 0 Å². The molecule has 0 heterocycles. The highest BCUT2D eigenvalue weighted by molar-refractivity contribution is 9.10. The normalized spacial score (nSPS) is 11.2. The third kappa shape index (κ3) is 4.33. The molecule has 0 saturated heterocycles. The fourth-order valence-electron chi connectivity index (χ4n) is 0.930. The molecule has 0 aliphatic rings. The van der Waals surface area contributed by atoms with E-state index in [0.29, 0.717) is 4.47 Å². The number of hydrogen-bond acceptors (Lipinski definition) is 1. The highest BCUT2D eigenvalue weighted by atomic mass is 79.9. The summed E-state index contributed by atoms with van der Waals surface area (Å²) in [5.74, 6) is 0.0798. The fraction of sp³-hybridized carbons (Fsp3) is 0.200. The van der Waals surface area contributed by atoms with Gasteiger partial charge in [0.25, 0.3) is 6.08 Å². The Morgan fingerprint density at radius 1 is 1.12 bits per heavy atom. The van der Waals surface area contributed by atoms with Crippen LogP contribution in [-0.4, -0.2) is 12.8 Å². The van der Waals surface area contributed by atoms with Crippen LogP contribution in [0.2, 0.25) is 0 Å². The largest absolute Gasteiger partial charge is 0.489 e. The lowest BCUT2D eigenvalue weighted by Gasteiger charge is -2.11. The second-order valence-corrected chi connectivity index (χ2v) is 3.89. The Morgan fingerprint density at radius 2 is 1.65 bits per heavy atom. The van der Waals surface area contributed by atoms with Crippen LogP contribution < -0.4 is 4.74 Å². The quantitative estimate of drug-likeness (QED) is 0.744. The first kappa shape index (κ1) is 14.0. The van der Waals surface area contributed by atoms with Crippen LogP contribution in [0.1, 0.15) is 0 Å². The number of rotatable bonds is 3. The van der Waals surface area contributed by atoms with Crippen LogP contribution in [0.3, 0.4) is 0 Å². The lowest BCUT2D eigenvalue weighted by Crippen LogP contribution is -2.19. The van der Waals surface area contributed by atoms with E-state index in [1.165, 1.54) is 24.3 Å². The Bertz CT molecular complexity index is 406. The summed E-state index contributed by atoms with van der Waals surface area (Å²) >= 11 is 3.12. The van der Waals surface area contributed by atoms with Crippen molar-refractivity contribution in [3.63, 3.8) is 0 Å². The number of ether oxygens (including phenoxy) is 1. The Balaban J connectivity index is 2.72. The first-order valence-electron chi connectivity index (χ1n) is 4.30. The van der Waals surface area contributed by atoms with Crippen molar-refractivity contribution in [3.8, 4) is 5.75 Å². The Hall–Kier alpha value is -1.11. The lowest BCUT2D eigenvalue weighted by atomic mass is 10.3. The van der Waals surface area contributed by atoms with Crippen LogP contribution in [0.5, 0.6) is 5.75 Å². The number of halogens is 6. The van der Waals surface area contributed by atoms with Crippen LogP contribution in [0.25, 0.3) is 0 Å². The molecule has 0 spiro atoms. The molecule has 0 aliphatic carbocycles. The zero-order valence-electron chi connectivity index (χ0n) is 8.19. The molecule has 0 N–H and O–H groups in total. The molecule has 0 aromatic heterocycles. The average Bonchev–Trinajstić information content (AvgIpc) is 2.18. The molecule has 1 aromatic carbocycles. The summed E-state index contributed by atoms with van der Waals surface area (Å²) in [4.78, 5) is 0. The standard InChI is InChI=1S/C10H6BrF5O/c11-6-1-3-7(4-2-6)17-5-8(9(12)13)10(14,15)16/h1-4H,5H2. The molecule has 0 saturated carbocycles. The van der Waals surface area contributed by atoms with Gasteiger partial charge < -0.3 is 4.74 Å². The maximum absolute atomic E-state index is 12.1. The van der Waals surface area contributed by atoms with Gasteiger partial charge in [-0.1, -0.05) is 15.9 Å². The van der Waals surface area contributed by atoms with Crippen molar-refractivity contribution < 1.29 is 26.7 Å². The molecule has 7 heteroatoms. The van der Waals surface area contributed by atoms with Crippen LogP contribution in [0.15, 0.2) is 40.4 Å². The van der Waals surface area contributed by atoms with E-state index in [9.17, 15) is 22.0 Å². The number of hydrogen-bond donors (Lipinski definition) is 0. The topological polar surface area (TPSA) is 9.23 Å². The predicted molar refractivity (Wildman–Crippen MR) is 54.9 cm³/mol. The van der Waals surface area contributed by atoms with Gasteiger partial charge in [0.05, 0.1) is 0 Å². The molecule has 0 fully saturated rings. The maximum atomic E-state index is 12.1. The maximum Gasteiger partial charge on any atom is 0.421 e. The summed E-state index contributed by atoms with van der Waals surface area (Å²) in [6.45, 7) is -1.21.